The molecule has 0 saturated heterocycles. The van der Waals surface area contributed by atoms with Crippen molar-refractivity contribution in [3.63, 3.8) is 0 Å². The molecule has 6 heteroatoms. The number of ether oxygens (including phenoxy) is 1. The van der Waals surface area contributed by atoms with Crippen molar-refractivity contribution < 1.29 is 19.1 Å². The number of hydrogen-bond acceptors (Lipinski definition) is 5. The van der Waals surface area contributed by atoms with E-state index in [9.17, 15) is 4.79 Å². The molecule has 0 fully saturated rings. The van der Waals surface area contributed by atoms with Gasteiger partial charge in [0.05, 0.1) is 5.60 Å². The van der Waals surface area contributed by atoms with Crippen molar-refractivity contribution in [2.75, 3.05) is 18.5 Å². The number of rotatable bonds is 6. The van der Waals surface area contributed by atoms with Gasteiger partial charge in [0.15, 0.2) is 5.69 Å². The number of carboxylic acids is 1. The third-order valence-corrected chi connectivity index (χ3v) is 1.92. The predicted molar refractivity (Wildman–Crippen MR) is 57.7 cm³/mol. The van der Waals surface area contributed by atoms with E-state index < -0.39 is 5.97 Å². The Morgan fingerprint density at radius 1 is 1.69 bits per heavy atom. The lowest BCUT2D eigenvalue weighted by atomic mass is 10.1. The number of aromatic nitrogens is 1. The van der Waals surface area contributed by atoms with Gasteiger partial charge in [0.25, 0.3) is 6.01 Å². The summed E-state index contributed by atoms with van der Waals surface area (Å²) in [6.07, 6.45) is 1.10. The van der Waals surface area contributed by atoms with Crippen LogP contribution in [0.15, 0.2) is 10.7 Å². The number of anilines is 1. The highest BCUT2D eigenvalue weighted by Crippen LogP contribution is 2.12. The number of oxazole rings is 1. The zero-order chi connectivity index (χ0) is 12.2. The normalized spacial score (nSPS) is 11.4. The van der Waals surface area contributed by atoms with E-state index in [1.165, 1.54) is 0 Å². The molecule has 1 heterocycles. The van der Waals surface area contributed by atoms with Gasteiger partial charge in [-0.25, -0.2) is 4.79 Å². The molecule has 1 aromatic rings. The van der Waals surface area contributed by atoms with Gasteiger partial charge in [0.2, 0.25) is 0 Å². The first-order valence-electron chi connectivity index (χ1n) is 5.01. The standard InChI is InChI=1S/C10H16N2O4/c1-4-16-10(2,3)6-11-9-12-7(5-15-9)8(13)14/h5H,4,6H2,1-3H3,(H,11,12)(H,13,14). The summed E-state index contributed by atoms with van der Waals surface area (Å²) in [4.78, 5) is 14.3. The molecule has 0 atom stereocenters. The number of carbonyl (C=O) groups is 1. The van der Waals surface area contributed by atoms with Crippen molar-refractivity contribution in [2.24, 2.45) is 0 Å². The Balaban J connectivity index is 2.51. The minimum Gasteiger partial charge on any atom is -0.476 e. The number of nitrogens with one attached hydrogen (secondary N) is 1. The van der Waals surface area contributed by atoms with Gasteiger partial charge in [0.1, 0.15) is 6.26 Å². The second kappa shape index (κ2) is 4.98. The topological polar surface area (TPSA) is 84.6 Å². The van der Waals surface area contributed by atoms with E-state index in [4.69, 9.17) is 14.3 Å². The van der Waals surface area contributed by atoms with Crippen LogP contribution in [0.2, 0.25) is 0 Å². The SMILES string of the molecule is CCOC(C)(C)CNc1nc(C(=O)O)co1. The van der Waals surface area contributed by atoms with Crippen molar-refractivity contribution in [1.29, 1.82) is 0 Å². The summed E-state index contributed by atoms with van der Waals surface area (Å²) >= 11 is 0. The lowest BCUT2D eigenvalue weighted by Crippen LogP contribution is -2.33. The van der Waals surface area contributed by atoms with Crippen molar-refractivity contribution in [2.45, 2.75) is 26.4 Å². The smallest absolute Gasteiger partial charge is 0.357 e. The lowest BCUT2D eigenvalue weighted by molar-refractivity contribution is 0.000352. The number of carboxylic acid groups (broad SMARTS) is 1. The molecule has 90 valence electrons. The Morgan fingerprint density at radius 3 is 2.88 bits per heavy atom. The highest BCUT2D eigenvalue weighted by atomic mass is 16.5. The molecular formula is C10H16N2O4. The fourth-order valence-corrected chi connectivity index (χ4v) is 1.18. The first-order chi connectivity index (χ1) is 7.44. The molecule has 0 unspecified atom stereocenters. The molecule has 1 aromatic heterocycles. The Labute approximate surface area is 93.6 Å². The molecule has 0 aliphatic heterocycles. The molecular weight excluding hydrogens is 212 g/mol. The van der Waals surface area contributed by atoms with Crippen LogP contribution in [-0.4, -0.2) is 34.8 Å². The van der Waals surface area contributed by atoms with Gasteiger partial charge in [-0.05, 0) is 20.8 Å². The van der Waals surface area contributed by atoms with Crippen molar-refractivity contribution in [1.82, 2.24) is 4.98 Å². The van der Waals surface area contributed by atoms with Crippen LogP contribution in [0.5, 0.6) is 0 Å². The van der Waals surface area contributed by atoms with Crippen LogP contribution in [0.25, 0.3) is 0 Å². The molecule has 6 nitrogen and oxygen atoms in total. The zero-order valence-corrected chi connectivity index (χ0v) is 9.61. The Bertz CT molecular complexity index is 359. The minimum absolute atomic E-state index is 0.114. The summed E-state index contributed by atoms with van der Waals surface area (Å²) in [7, 11) is 0. The molecule has 0 radical (unpaired) electrons. The largest absolute Gasteiger partial charge is 0.476 e. The Hall–Kier alpha value is -1.56. The first-order valence-corrected chi connectivity index (χ1v) is 5.01. The van der Waals surface area contributed by atoms with E-state index in [2.05, 4.69) is 10.3 Å². The summed E-state index contributed by atoms with van der Waals surface area (Å²) in [6, 6.07) is 0.185. The molecule has 0 bridgehead atoms. The van der Waals surface area contributed by atoms with Gasteiger partial charge in [-0.15, -0.1) is 0 Å². The van der Waals surface area contributed by atoms with Crippen LogP contribution in [0.1, 0.15) is 31.3 Å². The van der Waals surface area contributed by atoms with Gasteiger partial charge in [0, 0.05) is 13.2 Å². The highest BCUT2D eigenvalue weighted by Gasteiger charge is 2.18. The quantitative estimate of drug-likeness (QED) is 0.769. The molecule has 2 N–H and O–H groups in total. The first kappa shape index (κ1) is 12.5. The molecule has 0 saturated carbocycles. The molecule has 16 heavy (non-hydrogen) atoms. The maximum atomic E-state index is 10.5. The maximum absolute atomic E-state index is 10.5. The van der Waals surface area contributed by atoms with Crippen LogP contribution in [0.3, 0.4) is 0 Å². The summed E-state index contributed by atoms with van der Waals surface area (Å²) in [6.45, 7) is 6.85. The monoisotopic (exact) mass is 228 g/mol. The van der Waals surface area contributed by atoms with E-state index in [0.717, 1.165) is 6.26 Å². The number of aromatic carboxylic acids is 1. The Morgan fingerprint density at radius 2 is 2.38 bits per heavy atom. The molecule has 0 aliphatic carbocycles. The predicted octanol–water partition coefficient (Wildman–Crippen LogP) is 1.60. The number of nitrogens with zero attached hydrogens (tertiary/aromatic N) is 1. The van der Waals surface area contributed by atoms with Gasteiger partial charge in [-0.3, -0.25) is 0 Å². The van der Waals surface area contributed by atoms with E-state index in [1.54, 1.807) is 0 Å². The van der Waals surface area contributed by atoms with Crippen LogP contribution in [-0.2, 0) is 4.74 Å². The van der Waals surface area contributed by atoms with Crippen molar-refractivity contribution in [3.05, 3.63) is 12.0 Å². The maximum Gasteiger partial charge on any atom is 0.357 e. The minimum atomic E-state index is -1.11. The summed E-state index contributed by atoms with van der Waals surface area (Å²) in [5.74, 6) is -1.11. The molecule has 0 aliphatic rings. The molecule has 1 rings (SSSR count). The number of hydrogen-bond donors (Lipinski definition) is 2. The van der Waals surface area contributed by atoms with E-state index in [-0.39, 0.29) is 17.3 Å². The van der Waals surface area contributed by atoms with Gasteiger partial charge < -0.3 is 19.6 Å². The average molecular weight is 228 g/mol. The lowest BCUT2D eigenvalue weighted by Gasteiger charge is -2.24. The second-order valence-corrected chi connectivity index (χ2v) is 3.89. The fraction of sp³-hybridized carbons (Fsp3) is 0.600. The second-order valence-electron chi connectivity index (χ2n) is 3.89. The average Bonchev–Trinajstić information content (AvgIpc) is 2.63. The molecule has 0 spiro atoms. The van der Waals surface area contributed by atoms with Gasteiger partial charge in [-0.1, -0.05) is 0 Å². The molecule has 0 amide bonds. The van der Waals surface area contributed by atoms with Crippen LogP contribution in [0, 0.1) is 0 Å². The summed E-state index contributed by atoms with van der Waals surface area (Å²) in [5.41, 5.74) is -0.469. The van der Waals surface area contributed by atoms with E-state index in [1.807, 2.05) is 20.8 Å². The van der Waals surface area contributed by atoms with Gasteiger partial charge >= 0.3 is 5.97 Å². The third kappa shape index (κ3) is 3.54. The highest BCUT2D eigenvalue weighted by molar-refractivity contribution is 5.85. The fourth-order valence-electron chi connectivity index (χ4n) is 1.18. The van der Waals surface area contributed by atoms with E-state index in [0.29, 0.717) is 13.2 Å². The van der Waals surface area contributed by atoms with Gasteiger partial charge in [-0.2, -0.15) is 4.98 Å². The van der Waals surface area contributed by atoms with Crippen LogP contribution < -0.4 is 5.32 Å². The van der Waals surface area contributed by atoms with E-state index >= 15 is 0 Å². The zero-order valence-electron chi connectivity index (χ0n) is 9.61. The van der Waals surface area contributed by atoms with Crippen molar-refractivity contribution >= 4 is 12.0 Å². The Kier molecular flexibility index (Phi) is 3.89. The summed E-state index contributed by atoms with van der Waals surface area (Å²) < 4.78 is 10.4. The molecule has 0 aromatic carbocycles. The third-order valence-electron chi connectivity index (χ3n) is 1.92. The van der Waals surface area contributed by atoms with Crippen molar-refractivity contribution in [3.8, 4) is 0 Å². The summed E-state index contributed by atoms with van der Waals surface area (Å²) in [5, 5.41) is 11.5. The van der Waals surface area contributed by atoms with Crippen LogP contribution >= 0.6 is 0 Å². The van der Waals surface area contributed by atoms with Crippen LogP contribution in [0.4, 0.5) is 6.01 Å².